The third-order valence-corrected chi connectivity index (χ3v) is 5.60. The zero-order valence-corrected chi connectivity index (χ0v) is 17.1. The minimum absolute atomic E-state index is 0.0528. The van der Waals surface area contributed by atoms with E-state index in [0.717, 1.165) is 61.7 Å². The molecule has 0 spiro atoms. The van der Waals surface area contributed by atoms with Crippen LogP contribution in [0.2, 0.25) is 0 Å². The van der Waals surface area contributed by atoms with Crippen molar-refractivity contribution in [2.75, 3.05) is 13.1 Å². The van der Waals surface area contributed by atoms with E-state index in [4.69, 9.17) is 0 Å². The van der Waals surface area contributed by atoms with E-state index >= 15 is 0 Å². The van der Waals surface area contributed by atoms with Crippen molar-refractivity contribution < 1.29 is 13.6 Å². The molecule has 0 saturated carbocycles. The summed E-state index contributed by atoms with van der Waals surface area (Å²) in [6.45, 7) is 4.05. The Balaban J connectivity index is 1.60. The van der Waals surface area contributed by atoms with Crippen LogP contribution in [0, 0.1) is 18.6 Å². The highest BCUT2D eigenvalue weighted by Gasteiger charge is 2.24. The molecule has 3 heterocycles. The molecule has 0 atom stereocenters. The number of nitrogens with one attached hydrogen (secondary N) is 1. The fourth-order valence-corrected chi connectivity index (χ4v) is 3.94. The van der Waals surface area contributed by atoms with E-state index in [1.807, 2.05) is 34.6 Å². The van der Waals surface area contributed by atoms with Gasteiger partial charge in [0, 0.05) is 44.0 Å². The summed E-state index contributed by atoms with van der Waals surface area (Å²) in [4.78, 5) is 19.8. The molecule has 0 bridgehead atoms. The van der Waals surface area contributed by atoms with E-state index in [2.05, 4.69) is 10.3 Å². The Morgan fingerprint density at radius 2 is 1.83 bits per heavy atom. The Hall–Kier alpha value is -2.80. The van der Waals surface area contributed by atoms with Crippen molar-refractivity contribution in [1.82, 2.24) is 19.6 Å². The highest BCUT2D eigenvalue weighted by atomic mass is 19.1. The van der Waals surface area contributed by atoms with E-state index in [1.165, 1.54) is 12.1 Å². The Kier molecular flexibility index (Phi) is 6.08. The maximum absolute atomic E-state index is 13.9. The summed E-state index contributed by atoms with van der Waals surface area (Å²) >= 11 is 0. The number of benzene rings is 1. The first-order valence-corrected chi connectivity index (χ1v) is 10.4. The lowest BCUT2D eigenvalue weighted by Crippen LogP contribution is -2.33. The third-order valence-electron chi connectivity index (χ3n) is 5.60. The van der Waals surface area contributed by atoms with Crippen molar-refractivity contribution in [3.8, 4) is 0 Å². The number of pyridine rings is 1. The Bertz CT molecular complexity index is 1050. The number of amides is 1. The van der Waals surface area contributed by atoms with E-state index in [9.17, 15) is 13.6 Å². The molecule has 2 aromatic heterocycles. The van der Waals surface area contributed by atoms with Gasteiger partial charge < -0.3 is 14.6 Å². The average Bonchev–Trinajstić information content (AvgIpc) is 2.89. The molecular weight excluding hydrogens is 386 g/mol. The lowest BCUT2D eigenvalue weighted by Gasteiger charge is -2.20. The predicted octanol–water partition coefficient (Wildman–Crippen LogP) is 4.23. The SMILES string of the molecule is Cc1ccn2c(CNCc3ccc(F)cc3F)c(C(=O)N3CCCCCC3)nc2c1. The minimum Gasteiger partial charge on any atom is -0.337 e. The number of likely N-dealkylation sites (tertiary alicyclic amines) is 1. The second-order valence-electron chi connectivity index (χ2n) is 7.89. The minimum atomic E-state index is -0.598. The maximum Gasteiger partial charge on any atom is 0.274 e. The quantitative estimate of drug-likeness (QED) is 0.682. The van der Waals surface area contributed by atoms with Crippen molar-refractivity contribution in [2.24, 2.45) is 0 Å². The highest BCUT2D eigenvalue weighted by Crippen LogP contribution is 2.19. The molecule has 1 aliphatic heterocycles. The summed E-state index contributed by atoms with van der Waals surface area (Å²) in [5.41, 5.74) is 3.35. The van der Waals surface area contributed by atoms with Gasteiger partial charge in [-0.3, -0.25) is 4.79 Å². The molecule has 158 valence electrons. The lowest BCUT2D eigenvalue weighted by atomic mass is 10.2. The number of fused-ring (bicyclic) bond motifs is 1. The van der Waals surface area contributed by atoms with Gasteiger partial charge >= 0.3 is 0 Å². The molecule has 1 fully saturated rings. The smallest absolute Gasteiger partial charge is 0.274 e. The molecular formula is C23H26F2N4O. The summed E-state index contributed by atoms with van der Waals surface area (Å²) < 4.78 is 29.0. The number of nitrogens with zero attached hydrogens (tertiary/aromatic N) is 3. The van der Waals surface area contributed by atoms with E-state index in [0.29, 0.717) is 17.8 Å². The van der Waals surface area contributed by atoms with Gasteiger partial charge in [0.2, 0.25) is 0 Å². The number of hydrogen-bond acceptors (Lipinski definition) is 3. The Morgan fingerprint density at radius 1 is 1.07 bits per heavy atom. The van der Waals surface area contributed by atoms with Crippen LogP contribution in [0.4, 0.5) is 8.78 Å². The van der Waals surface area contributed by atoms with Crippen LogP contribution in [-0.2, 0) is 13.1 Å². The van der Waals surface area contributed by atoms with Crippen LogP contribution in [0.5, 0.6) is 0 Å². The first-order valence-electron chi connectivity index (χ1n) is 10.4. The second-order valence-corrected chi connectivity index (χ2v) is 7.89. The Morgan fingerprint density at radius 3 is 2.57 bits per heavy atom. The van der Waals surface area contributed by atoms with Gasteiger partial charge in [-0.05, 0) is 43.5 Å². The van der Waals surface area contributed by atoms with Gasteiger partial charge in [-0.25, -0.2) is 13.8 Å². The van der Waals surface area contributed by atoms with Gasteiger partial charge in [0.1, 0.15) is 17.3 Å². The second kappa shape index (κ2) is 8.92. The maximum atomic E-state index is 13.9. The fraction of sp³-hybridized carbons (Fsp3) is 0.391. The standard InChI is InChI=1S/C23H26F2N4O/c1-16-8-11-29-20(15-26-14-17-6-7-18(24)13-19(17)25)22(27-21(29)12-16)23(30)28-9-4-2-3-5-10-28/h6-8,11-13,26H,2-5,9-10,14-15H2,1H3. The van der Waals surface area contributed by atoms with Gasteiger partial charge in [-0.15, -0.1) is 0 Å². The third kappa shape index (κ3) is 4.36. The van der Waals surface area contributed by atoms with E-state index in [1.54, 1.807) is 0 Å². The monoisotopic (exact) mass is 412 g/mol. The van der Waals surface area contributed by atoms with Gasteiger partial charge in [0.25, 0.3) is 5.91 Å². The highest BCUT2D eigenvalue weighted by molar-refractivity contribution is 5.94. The zero-order chi connectivity index (χ0) is 21.1. The average molecular weight is 412 g/mol. The van der Waals surface area contributed by atoms with E-state index < -0.39 is 11.6 Å². The molecule has 1 aliphatic rings. The molecule has 1 N–H and O–H groups in total. The van der Waals surface area contributed by atoms with Crippen LogP contribution in [0.1, 0.15) is 53.0 Å². The normalized spacial score (nSPS) is 14.8. The number of imidazole rings is 1. The summed E-state index contributed by atoms with van der Waals surface area (Å²) in [6, 6.07) is 7.47. The summed E-state index contributed by atoms with van der Waals surface area (Å²) in [6.07, 6.45) is 6.22. The number of halogens is 2. The molecule has 5 nitrogen and oxygen atoms in total. The Labute approximate surface area is 174 Å². The number of carbonyl (C=O) groups is 1. The first-order chi connectivity index (χ1) is 14.5. The largest absolute Gasteiger partial charge is 0.337 e. The molecule has 4 rings (SSSR count). The number of aryl methyl sites for hydroxylation is 1. The van der Waals surface area contributed by atoms with Gasteiger partial charge in [0.15, 0.2) is 5.69 Å². The lowest BCUT2D eigenvalue weighted by molar-refractivity contribution is 0.0755. The topological polar surface area (TPSA) is 49.6 Å². The van der Waals surface area contributed by atoms with Crippen molar-refractivity contribution >= 4 is 11.6 Å². The fourth-order valence-electron chi connectivity index (χ4n) is 3.94. The van der Waals surface area contributed by atoms with E-state index in [-0.39, 0.29) is 12.5 Å². The zero-order valence-electron chi connectivity index (χ0n) is 17.1. The van der Waals surface area contributed by atoms with Gasteiger partial charge in [-0.2, -0.15) is 0 Å². The van der Waals surface area contributed by atoms with Crippen molar-refractivity contribution in [3.05, 3.63) is 70.7 Å². The van der Waals surface area contributed by atoms with Crippen molar-refractivity contribution in [2.45, 2.75) is 45.7 Å². The van der Waals surface area contributed by atoms with Crippen LogP contribution < -0.4 is 5.32 Å². The van der Waals surface area contributed by atoms with Gasteiger partial charge in [0.05, 0.1) is 5.69 Å². The first kappa shape index (κ1) is 20.5. The predicted molar refractivity (Wildman–Crippen MR) is 111 cm³/mol. The van der Waals surface area contributed by atoms with Crippen LogP contribution in [0.3, 0.4) is 0 Å². The molecule has 3 aromatic rings. The molecule has 0 aliphatic carbocycles. The molecule has 30 heavy (non-hydrogen) atoms. The number of hydrogen-bond donors (Lipinski definition) is 1. The van der Waals surface area contributed by atoms with Crippen LogP contribution in [0.25, 0.3) is 5.65 Å². The summed E-state index contributed by atoms with van der Waals surface area (Å²) in [5, 5.41) is 3.19. The van der Waals surface area contributed by atoms with Crippen molar-refractivity contribution in [3.63, 3.8) is 0 Å². The number of carbonyl (C=O) groups excluding carboxylic acids is 1. The number of rotatable bonds is 5. The number of aromatic nitrogens is 2. The van der Waals surface area contributed by atoms with Crippen molar-refractivity contribution in [1.29, 1.82) is 0 Å². The molecule has 1 saturated heterocycles. The molecule has 1 amide bonds. The summed E-state index contributed by atoms with van der Waals surface area (Å²) in [7, 11) is 0. The summed E-state index contributed by atoms with van der Waals surface area (Å²) in [5.74, 6) is -1.24. The van der Waals surface area contributed by atoms with Crippen LogP contribution >= 0.6 is 0 Å². The van der Waals surface area contributed by atoms with Crippen LogP contribution in [-0.4, -0.2) is 33.3 Å². The molecule has 1 aromatic carbocycles. The molecule has 0 unspecified atom stereocenters. The van der Waals surface area contributed by atoms with Crippen LogP contribution in [0.15, 0.2) is 36.5 Å². The molecule has 0 radical (unpaired) electrons. The molecule has 7 heteroatoms. The van der Waals surface area contributed by atoms with Gasteiger partial charge in [-0.1, -0.05) is 18.9 Å².